The van der Waals surface area contributed by atoms with E-state index in [2.05, 4.69) is 0 Å². The summed E-state index contributed by atoms with van der Waals surface area (Å²) in [7, 11) is 0. The Morgan fingerprint density at radius 3 is 2.50 bits per heavy atom. The highest BCUT2D eigenvalue weighted by molar-refractivity contribution is 6.40. The van der Waals surface area contributed by atoms with Gasteiger partial charge < -0.3 is 0 Å². The van der Waals surface area contributed by atoms with Crippen molar-refractivity contribution in [3.8, 4) is 0 Å². The molecule has 1 atom stereocenters. The Labute approximate surface area is 70.0 Å². The SMILES string of the molecule is CC1CC(Cl)=C(Cl)CC1=O. The second-order valence-electron chi connectivity index (χ2n) is 2.56. The maximum atomic E-state index is 11.0. The monoisotopic (exact) mass is 178 g/mol. The van der Waals surface area contributed by atoms with Crippen LogP contribution in [0.1, 0.15) is 19.8 Å². The van der Waals surface area contributed by atoms with Crippen LogP contribution in [-0.4, -0.2) is 5.78 Å². The van der Waals surface area contributed by atoms with Crippen LogP contribution in [-0.2, 0) is 4.79 Å². The van der Waals surface area contributed by atoms with Gasteiger partial charge in [-0.05, 0) is 6.42 Å². The number of Topliss-reactive ketones (excluding diaryl/α,β-unsaturated/α-hetero) is 1. The zero-order valence-corrected chi connectivity index (χ0v) is 7.17. The first kappa shape index (κ1) is 8.09. The lowest BCUT2D eigenvalue weighted by molar-refractivity contribution is -0.121. The van der Waals surface area contributed by atoms with E-state index in [1.54, 1.807) is 0 Å². The molecule has 0 aromatic carbocycles. The average molecular weight is 179 g/mol. The van der Waals surface area contributed by atoms with E-state index in [0.29, 0.717) is 22.9 Å². The summed E-state index contributed by atoms with van der Waals surface area (Å²) < 4.78 is 0. The third kappa shape index (κ3) is 1.53. The Bertz CT molecular complexity index is 196. The van der Waals surface area contributed by atoms with Crippen molar-refractivity contribution in [2.24, 2.45) is 5.92 Å². The van der Waals surface area contributed by atoms with Crippen molar-refractivity contribution in [3.05, 3.63) is 10.1 Å². The van der Waals surface area contributed by atoms with Gasteiger partial charge in [-0.2, -0.15) is 0 Å². The lowest BCUT2D eigenvalue weighted by Gasteiger charge is -2.15. The Morgan fingerprint density at radius 2 is 2.00 bits per heavy atom. The predicted molar refractivity (Wildman–Crippen MR) is 42.1 cm³/mol. The minimum Gasteiger partial charge on any atom is -0.299 e. The van der Waals surface area contributed by atoms with Crippen LogP contribution in [0.2, 0.25) is 0 Å². The fourth-order valence-corrected chi connectivity index (χ4v) is 1.42. The fraction of sp³-hybridized carbons (Fsp3) is 0.571. The molecule has 0 aromatic heterocycles. The molecule has 0 heterocycles. The van der Waals surface area contributed by atoms with Crippen LogP contribution in [0.3, 0.4) is 0 Å². The molecule has 0 N–H and O–H groups in total. The zero-order chi connectivity index (χ0) is 7.72. The van der Waals surface area contributed by atoms with Gasteiger partial charge in [-0.25, -0.2) is 0 Å². The molecule has 1 aliphatic carbocycles. The molecule has 1 rings (SSSR count). The van der Waals surface area contributed by atoms with Crippen LogP contribution in [0.25, 0.3) is 0 Å². The summed E-state index contributed by atoms with van der Waals surface area (Å²) in [6.07, 6.45) is 0.931. The Kier molecular flexibility index (Phi) is 2.37. The molecule has 1 nitrogen and oxygen atoms in total. The molecule has 3 heteroatoms. The molecule has 10 heavy (non-hydrogen) atoms. The van der Waals surface area contributed by atoms with Gasteiger partial charge in [0.1, 0.15) is 5.78 Å². The summed E-state index contributed by atoms with van der Waals surface area (Å²) in [5.41, 5.74) is 0. The molecular formula is C7H8Cl2O. The van der Waals surface area contributed by atoms with Crippen LogP contribution in [0, 0.1) is 5.92 Å². The summed E-state index contributed by atoms with van der Waals surface area (Å²) in [4.78, 5) is 11.0. The number of hydrogen-bond donors (Lipinski definition) is 0. The summed E-state index contributed by atoms with van der Waals surface area (Å²) in [5.74, 6) is 0.240. The Morgan fingerprint density at radius 1 is 1.40 bits per heavy atom. The van der Waals surface area contributed by atoms with Gasteiger partial charge in [0, 0.05) is 22.4 Å². The van der Waals surface area contributed by atoms with Crippen molar-refractivity contribution < 1.29 is 4.79 Å². The average Bonchev–Trinajstić information content (AvgIpc) is 1.84. The van der Waals surface area contributed by atoms with Gasteiger partial charge in [-0.15, -0.1) is 0 Å². The van der Waals surface area contributed by atoms with Gasteiger partial charge in [0.2, 0.25) is 0 Å². The number of rotatable bonds is 0. The van der Waals surface area contributed by atoms with E-state index in [9.17, 15) is 4.79 Å². The van der Waals surface area contributed by atoms with Crippen LogP contribution in [0.4, 0.5) is 0 Å². The molecule has 0 spiro atoms. The van der Waals surface area contributed by atoms with E-state index in [1.165, 1.54) is 0 Å². The summed E-state index contributed by atoms with van der Waals surface area (Å²) in [6.45, 7) is 1.87. The van der Waals surface area contributed by atoms with Crippen LogP contribution < -0.4 is 0 Å². The third-order valence-electron chi connectivity index (χ3n) is 1.66. The lowest BCUT2D eigenvalue weighted by atomic mass is 9.95. The molecule has 0 saturated heterocycles. The summed E-state index contributed by atoms with van der Waals surface area (Å²) >= 11 is 11.4. The van der Waals surface area contributed by atoms with Crippen LogP contribution in [0.5, 0.6) is 0 Å². The van der Waals surface area contributed by atoms with Crippen LogP contribution in [0.15, 0.2) is 10.1 Å². The Hall–Kier alpha value is -0.0100. The first-order valence-corrected chi connectivity index (χ1v) is 3.92. The molecule has 0 saturated carbocycles. The maximum Gasteiger partial charge on any atom is 0.141 e. The quantitative estimate of drug-likeness (QED) is 0.558. The van der Waals surface area contributed by atoms with Crippen molar-refractivity contribution in [2.45, 2.75) is 19.8 Å². The van der Waals surface area contributed by atoms with E-state index in [-0.39, 0.29) is 11.7 Å². The highest BCUT2D eigenvalue weighted by Gasteiger charge is 2.22. The van der Waals surface area contributed by atoms with Gasteiger partial charge in [0.05, 0.1) is 0 Å². The number of carbonyl (C=O) groups excluding carboxylic acids is 1. The van der Waals surface area contributed by atoms with Gasteiger partial charge in [0.15, 0.2) is 0 Å². The second kappa shape index (κ2) is 2.93. The summed E-state index contributed by atoms with van der Waals surface area (Å²) in [5, 5.41) is 1.17. The normalized spacial score (nSPS) is 27.5. The van der Waals surface area contributed by atoms with Gasteiger partial charge >= 0.3 is 0 Å². The molecule has 0 aliphatic heterocycles. The summed E-state index contributed by atoms with van der Waals surface area (Å²) in [6, 6.07) is 0. The van der Waals surface area contributed by atoms with Crippen molar-refractivity contribution in [2.75, 3.05) is 0 Å². The van der Waals surface area contributed by atoms with Crippen LogP contribution >= 0.6 is 23.2 Å². The largest absolute Gasteiger partial charge is 0.299 e. The molecule has 56 valence electrons. The molecular weight excluding hydrogens is 171 g/mol. The zero-order valence-electron chi connectivity index (χ0n) is 5.66. The smallest absolute Gasteiger partial charge is 0.141 e. The van der Waals surface area contributed by atoms with Crippen molar-refractivity contribution in [1.82, 2.24) is 0 Å². The Balaban J connectivity index is 2.79. The number of carbonyl (C=O) groups is 1. The predicted octanol–water partition coefficient (Wildman–Crippen LogP) is 2.67. The molecule has 0 fully saturated rings. The van der Waals surface area contributed by atoms with Crippen molar-refractivity contribution in [1.29, 1.82) is 0 Å². The van der Waals surface area contributed by atoms with E-state index >= 15 is 0 Å². The standard InChI is InChI=1S/C7H8Cl2O/c1-4-2-5(8)6(9)3-7(4)10/h4H,2-3H2,1H3. The number of hydrogen-bond acceptors (Lipinski definition) is 1. The fourth-order valence-electron chi connectivity index (χ4n) is 0.917. The number of allylic oxidation sites excluding steroid dienone is 2. The highest BCUT2D eigenvalue weighted by atomic mass is 35.5. The topological polar surface area (TPSA) is 17.1 Å². The first-order chi connectivity index (χ1) is 4.61. The van der Waals surface area contributed by atoms with E-state index in [4.69, 9.17) is 23.2 Å². The van der Waals surface area contributed by atoms with Crippen molar-refractivity contribution in [3.63, 3.8) is 0 Å². The molecule has 0 amide bonds. The highest BCUT2D eigenvalue weighted by Crippen LogP contribution is 2.30. The lowest BCUT2D eigenvalue weighted by Crippen LogP contribution is -2.15. The molecule has 0 radical (unpaired) electrons. The van der Waals surface area contributed by atoms with Gasteiger partial charge in [-0.3, -0.25) is 4.79 Å². The van der Waals surface area contributed by atoms with E-state index < -0.39 is 0 Å². The van der Waals surface area contributed by atoms with E-state index in [1.807, 2.05) is 6.92 Å². The molecule has 0 aromatic rings. The first-order valence-electron chi connectivity index (χ1n) is 3.17. The minimum absolute atomic E-state index is 0.0509. The number of halogens is 2. The van der Waals surface area contributed by atoms with Gasteiger partial charge in [0.25, 0.3) is 0 Å². The maximum absolute atomic E-state index is 11.0. The number of ketones is 1. The molecule has 1 unspecified atom stereocenters. The molecule has 0 bridgehead atoms. The van der Waals surface area contributed by atoms with Gasteiger partial charge in [-0.1, -0.05) is 30.1 Å². The second-order valence-corrected chi connectivity index (χ2v) is 3.47. The molecule has 1 aliphatic rings. The van der Waals surface area contributed by atoms with E-state index in [0.717, 1.165) is 0 Å². The minimum atomic E-state index is 0.0509. The third-order valence-corrected chi connectivity index (χ3v) is 2.50. The van der Waals surface area contributed by atoms with Crippen molar-refractivity contribution >= 4 is 29.0 Å².